The van der Waals surface area contributed by atoms with Crippen molar-refractivity contribution in [2.75, 3.05) is 5.32 Å². The molecule has 3 fully saturated rings. The van der Waals surface area contributed by atoms with Gasteiger partial charge in [0.15, 0.2) is 22.8 Å². The van der Waals surface area contributed by atoms with E-state index in [-0.39, 0.29) is 28.9 Å². The highest BCUT2D eigenvalue weighted by atomic mass is 35.5. The Bertz CT molecular complexity index is 1200. The van der Waals surface area contributed by atoms with Gasteiger partial charge in [-0.1, -0.05) is 28.9 Å². The summed E-state index contributed by atoms with van der Waals surface area (Å²) < 4.78 is 14.1. The molecule has 0 radical (unpaired) electrons. The number of hydrogen-bond donors (Lipinski definition) is 2. The lowest BCUT2D eigenvalue weighted by Gasteiger charge is -2.23. The van der Waals surface area contributed by atoms with Crippen LogP contribution in [0.4, 0.5) is 11.5 Å². The highest BCUT2D eigenvalue weighted by molar-refractivity contribution is 6.33. The predicted octanol–water partition coefficient (Wildman–Crippen LogP) is 3.49. The Morgan fingerprint density at radius 1 is 1.16 bits per heavy atom. The van der Waals surface area contributed by atoms with E-state index in [0.717, 1.165) is 0 Å². The standard InChI is InChI=1S/C20H20Cl2N6O3/c1-19(2)30-14-11(7-20(8-12(20)29)15(14)31-19)28-17-13(26-27-28)16(24-18(22)25-17)23-10-6-4-3-5-9(10)21/h3-6,11-12,14-15,29H,7-8H2,1-2H3,(H,23,24,25)/t11-,12?,14+,15+,20?/m1/s1. The van der Waals surface area contributed by atoms with E-state index in [1.807, 2.05) is 32.0 Å². The smallest absolute Gasteiger partial charge is 0.226 e. The molecule has 1 saturated heterocycles. The molecule has 1 aromatic carbocycles. The number of halogens is 2. The molecule has 11 heteroatoms. The molecule has 9 nitrogen and oxygen atoms in total. The summed E-state index contributed by atoms with van der Waals surface area (Å²) in [6.45, 7) is 3.77. The number of nitrogens with zero attached hydrogens (tertiary/aromatic N) is 5. The van der Waals surface area contributed by atoms with Crippen LogP contribution in [0.3, 0.4) is 0 Å². The quantitative estimate of drug-likeness (QED) is 0.569. The summed E-state index contributed by atoms with van der Waals surface area (Å²) in [7, 11) is 0. The number of fused-ring (bicyclic) bond motifs is 3. The molecule has 5 atom stereocenters. The van der Waals surface area contributed by atoms with E-state index in [0.29, 0.717) is 40.5 Å². The first kappa shape index (κ1) is 19.6. The first-order valence-corrected chi connectivity index (χ1v) is 10.9. The number of hydrogen-bond acceptors (Lipinski definition) is 8. The van der Waals surface area contributed by atoms with Gasteiger partial charge in [0.25, 0.3) is 0 Å². The van der Waals surface area contributed by atoms with Crippen LogP contribution in [-0.4, -0.2) is 54.2 Å². The van der Waals surface area contributed by atoms with Crippen LogP contribution in [0.1, 0.15) is 32.7 Å². The van der Waals surface area contributed by atoms with Crippen molar-refractivity contribution < 1.29 is 14.6 Å². The van der Waals surface area contributed by atoms with Gasteiger partial charge in [0.1, 0.15) is 6.10 Å². The van der Waals surface area contributed by atoms with Crippen molar-refractivity contribution >= 4 is 45.9 Å². The number of rotatable bonds is 3. The Hall–Kier alpha value is -2.04. The predicted molar refractivity (Wildman–Crippen MR) is 113 cm³/mol. The van der Waals surface area contributed by atoms with Crippen LogP contribution in [-0.2, 0) is 9.47 Å². The van der Waals surface area contributed by atoms with Gasteiger partial charge in [-0.2, -0.15) is 9.97 Å². The largest absolute Gasteiger partial charge is 0.392 e. The number of aromatic nitrogens is 5. The van der Waals surface area contributed by atoms with E-state index >= 15 is 0 Å². The van der Waals surface area contributed by atoms with Gasteiger partial charge in [0.2, 0.25) is 5.28 Å². The van der Waals surface area contributed by atoms with E-state index in [1.165, 1.54) is 0 Å². The molecule has 0 bridgehead atoms. The van der Waals surface area contributed by atoms with Crippen molar-refractivity contribution in [2.45, 2.75) is 56.8 Å². The van der Waals surface area contributed by atoms with E-state index in [1.54, 1.807) is 10.7 Å². The molecule has 3 aliphatic rings. The lowest BCUT2D eigenvalue weighted by Crippen LogP contribution is -2.29. The van der Waals surface area contributed by atoms with Gasteiger partial charge in [0, 0.05) is 5.41 Å². The second-order valence-electron chi connectivity index (χ2n) is 8.90. The maximum Gasteiger partial charge on any atom is 0.226 e. The zero-order valence-electron chi connectivity index (χ0n) is 16.8. The number of anilines is 2. The first-order chi connectivity index (χ1) is 14.8. The fraction of sp³-hybridized carbons (Fsp3) is 0.500. The molecule has 1 spiro atoms. The molecule has 2 N–H and O–H groups in total. The van der Waals surface area contributed by atoms with Crippen LogP contribution in [0, 0.1) is 5.41 Å². The Labute approximate surface area is 187 Å². The average molecular weight is 463 g/mol. The fourth-order valence-electron chi connectivity index (χ4n) is 4.99. The van der Waals surface area contributed by atoms with Crippen LogP contribution in [0.25, 0.3) is 11.2 Å². The van der Waals surface area contributed by atoms with Crippen LogP contribution < -0.4 is 5.32 Å². The zero-order chi connectivity index (χ0) is 21.5. The fourth-order valence-corrected chi connectivity index (χ4v) is 5.34. The molecular weight excluding hydrogens is 443 g/mol. The summed E-state index contributed by atoms with van der Waals surface area (Å²) in [5.41, 5.74) is 1.30. The minimum Gasteiger partial charge on any atom is -0.392 e. The number of benzene rings is 1. The van der Waals surface area contributed by atoms with E-state index < -0.39 is 11.9 Å². The highest BCUT2D eigenvalue weighted by Crippen LogP contribution is 2.65. The van der Waals surface area contributed by atoms with Crippen molar-refractivity contribution in [1.82, 2.24) is 25.0 Å². The molecule has 3 heterocycles. The molecule has 2 unspecified atom stereocenters. The molecular formula is C20H20Cl2N6O3. The number of para-hydroxylation sites is 1. The minimum absolute atomic E-state index is 0.0604. The van der Waals surface area contributed by atoms with Gasteiger partial charge in [-0.05, 0) is 50.4 Å². The number of aliphatic hydroxyl groups is 1. The zero-order valence-corrected chi connectivity index (χ0v) is 18.3. The Morgan fingerprint density at radius 2 is 1.94 bits per heavy atom. The average Bonchev–Trinajstić information content (AvgIpc) is 2.99. The summed E-state index contributed by atoms with van der Waals surface area (Å²) in [6, 6.07) is 7.12. The second kappa shape index (κ2) is 6.49. The molecule has 2 aromatic heterocycles. The third-order valence-electron chi connectivity index (χ3n) is 6.48. The van der Waals surface area contributed by atoms with Crippen molar-refractivity contribution in [3.63, 3.8) is 0 Å². The number of aliphatic hydroxyl groups excluding tert-OH is 1. The summed E-state index contributed by atoms with van der Waals surface area (Å²) in [5.74, 6) is -0.322. The van der Waals surface area contributed by atoms with Crippen LogP contribution in [0.2, 0.25) is 10.3 Å². The van der Waals surface area contributed by atoms with E-state index in [4.69, 9.17) is 32.7 Å². The maximum absolute atomic E-state index is 10.4. The molecule has 31 heavy (non-hydrogen) atoms. The summed E-state index contributed by atoms with van der Waals surface area (Å²) in [6.07, 6.45) is 0.456. The molecule has 2 aliphatic carbocycles. The van der Waals surface area contributed by atoms with Crippen LogP contribution in [0.5, 0.6) is 0 Å². The first-order valence-electron chi connectivity index (χ1n) is 10.1. The Morgan fingerprint density at radius 3 is 2.68 bits per heavy atom. The molecule has 2 saturated carbocycles. The lowest BCUT2D eigenvalue weighted by atomic mass is 10.0. The molecule has 1 aliphatic heterocycles. The van der Waals surface area contributed by atoms with Gasteiger partial charge >= 0.3 is 0 Å². The SMILES string of the molecule is CC1(C)O[C@H]2[C@H](n3nnc4c(Nc5ccccc5Cl)nc(Cl)nc43)CC3(CC3O)[C@H]2O1. The minimum atomic E-state index is -0.733. The molecule has 6 rings (SSSR count). The third kappa shape index (κ3) is 2.95. The van der Waals surface area contributed by atoms with Gasteiger partial charge in [0.05, 0.1) is 29.0 Å². The molecule has 162 valence electrons. The lowest BCUT2D eigenvalue weighted by molar-refractivity contribution is -0.164. The summed E-state index contributed by atoms with van der Waals surface area (Å²) in [4.78, 5) is 8.70. The van der Waals surface area contributed by atoms with Crippen molar-refractivity contribution in [3.05, 3.63) is 34.6 Å². The van der Waals surface area contributed by atoms with Crippen molar-refractivity contribution in [1.29, 1.82) is 0 Å². The Kier molecular flexibility index (Phi) is 4.11. The van der Waals surface area contributed by atoms with Gasteiger partial charge < -0.3 is 19.9 Å². The topological polar surface area (TPSA) is 107 Å². The van der Waals surface area contributed by atoms with Gasteiger partial charge in [-0.25, -0.2) is 4.68 Å². The summed E-state index contributed by atoms with van der Waals surface area (Å²) >= 11 is 12.5. The van der Waals surface area contributed by atoms with E-state index in [2.05, 4.69) is 25.6 Å². The third-order valence-corrected chi connectivity index (χ3v) is 6.98. The van der Waals surface area contributed by atoms with Gasteiger partial charge in [-0.3, -0.25) is 0 Å². The van der Waals surface area contributed by atoms with Crippen LogP contribution in [0.15, 0.2) is 24.3 Å². The monoisotopic (exact) mass is 462 g/mol. The van der Waals surface area contributed by atoms with E-state index in [9.17, 15) is 5.11 Å². The maximum atomic E-state index is 10.4. The Balaban J connectivity index is 1.42. The van der Waals surface area contributed by atoms with Crippen molar-refractivity contribution in [3.8, 4) is 0 Å². The highest BCUT2D eigenvalue weighted by Gasteiger charge is 2.72. The van der Waals surface area contributed by atoms with Gasteiger partial charge in [-0.15, -0.1) is 5.10 Å². The van der Waals surface area contributed by atoms with Crippen LogP contribution >= 0.6 is 23.2 Å². The number of nitrogens with one attached hydrogen (secondary N) is 1. The molecule has 3 aromatic rings. The molecule has 0 amide bonds. The summed E-state index contributed by atoms with van der Waals surface area (Å²) in [5, 5.41) is 22.9. The van der Waals surface area contributed by atoms with Crippen molar-refractivity contribution in [2.24, 2.45) is 5.41 Å². The number of ether oxygens (including phenoxy) is 2. The second-order valence-corrected chi connectivity index (χ2v) is 9.64. The normalized spacial score (nSPS) is 33.2.